The van der Waals surface area contributed by atoms with Gasteiger partial charge in [-0.1, -0.05) is 29.8 Å². The van der Waals surface area contributed by atoms with Crippen LogP contribution in [0.5, 0.6) is 0 Å². The topological polar surface area (TPSA) is 95.6 Å². The number of benzene rings is 1. The van der Waals surface area contributed by atoms with Gasteiger partial charge < -0.3 is 0 Å². The van der Waals surface area contributed by atoms with Crippen LogP contribution in [0, 0.1) is 18.8 Å². The predicted octanol–water partition coefficient (Wildman–Crippen LogP) is 1.90. The maximum Gasteiger partial charge on any atom is 0.243 e. The molecule has 28 heavy (non-hydrogen) atoms. The van der Waals surface area contributed by atoms with Crippen LogP contribution in [0.3, 0.4) is 0 Å². The molecule has 1 aromatic rings. The van der Waals surface area contributed by atoms with Gasteiger partial charge in [-0.05, 0) is 50.7 Å². The second-order valence-corrected chi connectivity index (χ2v) is 9.46. The predicted molar refractivity (Wildman–Crippen MR) is 105 cm³/mol. The minimum atomic E-state index is -3.63. The van der Waals surface area contributed by atoms with Crippen molar-refractivity contribution >= 4 is 21.8 Å². The lowest BCUT2D eigenvalue weighted by Gasteiger charge is -2.31. The van der Waals surface area contributed by atoms with Gasteiger partial charge in [0.2, 0.25) is 21.8 Å². The molecule has 1 aromatic carbocycles. The number of allylic oxidation sites excluding steroid dienone is 2. The monoisotopic (exact) mass is 405 g/mol. The zero-order valence-corrected chi connectivity index (χ0v) is 16.9. The number of hydrogen-bond acceptors (Lipinski definition) is 4. The molecule has 1 heterocycles. The number of hydrazine groups is 1. The van der Waals surface area contributed by atoms with Gasteiger partial charge in [0, 0.05) is 19.5 Å². The zero-order chi connectivity index (χ0) is 20.1. The molecule has 0 spiro atoms. The fourth-order valence-corrected chi connectivity index (χ4v) is 5.15. The van der Waals surface area contributed by atoms with Crippen LogP contribution in [0.25, 0.3) is 0 Å². The van der Waals surface area contributed by atoms with E-state index in [-0.39, 0.29) is 29.2 Å². The molecule has 1 aliphatic carbocycles. The van der Waals surface area contributed by atoms with E-state index in [4.69, 9.17) is 0 Å². The van der Waals surface area contributed by atoms with E-state index < -0.39 is 15.9 Å². The average molecular weight is 406 g/mol. The normalized spacial score (nSPS) is 22.8. The van der Waals surface area contributed by atoms with Gasteiger partial charge in [0.1, 0.15) is 0 Å². The maximum atomic E-state index is 12.8. The number of sulfonamides is 1. The molecule has 3 rings (SSSR count). The van der Waals surface area contributed by atoms with Crippen LogP contribution in [0.15, 0.2) is 41.3 Å². The van der Waals surface area contributed by atoms with Crippen LogP contribution in [-0.2, 0) is 19.6 Å². The number of carbonyl (C=O) groups is 2. The third-order valence-corrected chi connectivity index (χ3v) is 7.18. The van der Waals surface area contributed by atoms with Gasteiger partial charge in [-0.25, -0.2) is 8.42 Å². The van der Waals surface area contributed by atoms with Crippen molar-refractivity contribution in [1.82, 2.24) is 15.2 Å². The molecular weight excluding hydrogens is 378 g/mol. The summed E-state index contributed by atoms with van der Waals surface area (Å²) in [5, 5.41) is 0. The van der Waals surface area contributed by atoms with Crippen molar-refractivity contribution < 1.29 is 18.0 Å². The second-order valence-electron chi connectivity index (χ2n) is 7.52. The molecule has 0 bridgehead atoms. The van der Waals surface area contributed by atoms with Gasteiger partial charge >= 0.3 is 0 Å². The summed E-state index contributed by atoms with van der Waals surface area (Å²) < 4.78 is 27.0. The molecule has 8 heteroatoms. The molecule has 2 amide bonds. The summed E-state index contributed by atoms with van der Waals surface area (Å²) in [7, 11) is -3.63. The quantitative estimate of drug-likeness (QED) is 0.578. The SMILES string of the molecule is Cc1ccc(S(=O)(=O)N2CCC[C@@H](C(=O)NNC(=O)C[C@H]3C=CCC3)C2)cc1. The van der Waals surface area contributed by atoms with Crippen molar-refractivity contribution in [3.8, 4) is 0 Å². The van der Waals surface area contributed by atoms with Gasteiger partial charge in [-0.15, -0.1) is 0 Å². The van der Waals surface area contributed by atoms with E-state index in [9.17, 15) is 18.0 Å². The highest BCUT2D eigenvalue weighted by molar-refractivity contribution is 7.89. The molecule has 1 fully saturated rings. The Morgan fingerprint density at radius 2 is 1.89 bits per heavy atom. The summed E-state index contributed by atoms with van der Waals surface area (Å²) in [6, 6.07) is 6.70. The number of amides is 2. The van der Waals surface area contributed by atoms with Crippen molar-refractivity contribution in [3.63, 3.8) is 0 Å². The Labute approximate surface area is 166 Å². The fraction of sp³-hybridized carbons (Fsp3) is 0.500. The Morgan fingerprint density at radius 1 is 1.14 bits per heavy atom. The first-order valence-corrected chi connectivity index (χ1v) is 11.1. The van der Waals surface area contributed by atoms with Crippen LogP contribution >= 0.6 is 0 Å². The first kappa shape index (κ1) is 20.5. The van der Waals surface area contributed by atoms with E-state index in [2.05, 4.69) is 16.9 Å². The molecular formula is C20H27N3O4S. The molecule has 152 valence electrons. The molecule has 2 atom stereocenters. The van der Waals surface area contributed by atoms with Gasteiger partial charge in [-0.2, -0.15) is 4.31 Å². The van der Waals surface area contributed by atoms with E-state index in [1.165, 1.54) is 4.31 Å². The Morgan fingerprint density at radius 3 is 2.57 bits per heavy atom. The third-order valence-electron chi connectivity index (χ3n) is 5.30. The second kappa shape index (κ2) is 8.87. The van der Waals surface area contributed by atoms with Crippen LogP contribution in [0.2, 0.25) is 0 Å². The molecule has 0 radical (unpaired) electrons. The number of hydrogen-bond donors (Lipinski definition) is 2. The van der Waals surface area contributed by atoms with Crippen molar-refractivity contribution in [3.05, 3.63) is 42.0 Å². The summed E-state index contributed by atoms with van der Waals surface area (Å²) in [6.07, 6.45) is 7.55. The van der Waals surface area contributed by atoms with Gasteiger partial charge in [0.25, 0.3) is 0 Å². The fourth-order valence-electron chi connectivity index (χ4n) is 3.62. The minimum absolute atomic E-state index is 0.114. The van der Waals surface area contributed by atoms with Crippen LogP contribution in [0.1, 0.15) is 37.7 Å². The highest BCUT2D eigenvalue weighted by Crippen LogP contribution is 2.24. The minimum Gasteiger partial charge on any atom is -0.273 e. The summed E-state index contributed by atoms with van der Waals surface area (Å²) >= 11 is 0. The lowest BCUT2D eigenvalue weighted by Crippen LogP contribution is -2.50. The maximum absolute atomic E-state index is 12.8. The lowest BCUT2D eigenvalue weighted by molar-refractivity contribution is -0.132. The van der Waals surface area contributed by atoms with Crippen molar-refractivity contribution in [2.24, 2.45) is 11.8 Å². The van der Waals surface area contributed by atoms with E-state index in [0.717, 1.165) is 18.4 Å². The number of piperidine rings is 1. The lowest BCUT2D eigenvalue weighted by atomic mass is 9.99. The van der Waals surface area contributed by atoms with E-state index in [1.807, 2.05) is 13.0 Å². The average Bonchev–Trinajstić information content (AvgIpc) is 3.19. The highest BCUT2D eigenvalue weighted by atomic mass is 32.2. The van der Waals surface area contributed by atoms with Crippen molar-refractivity contribution in [2.45, 2.75) is 43.9 Å². The molecule has 0 aromatic heterocycles. The Balaban J connectivity index is 1.54. The Bertz CT molecular complexity index is 849. The number of aryl methyl sites for hydroxylation is 1. The molecule has 7 nitrogen and oxygen atoms in total. The summed E-state index contributed by atoms with van der Waals surface area (Å²) in [6.45, 7) is 2.40. The highest BCUT2D eigenvalue weighted by Gasteiger charge is 2.33. The van der Waals surface area contributed by atoms with Gasteiger partial charge in [0.05, 0.1) is 10.8 Å². The van der Waals surface area contributed by atoms with E-state index in [1.54, 1.807) is 24.3 Å². The van der Waals surface area contributed by atoms with Gasteiger partial charge in [-0.3, -0.25) is 20.4 Å². The summed E-state index contributed by atoms with van der Waals surface area (Å²) in [5.41, 5.74) is 5.90. The standard InChI is InChI=1S/C20H27N3O4S/c1-15-8-10-18(11-9-15)28(26,27)23-12-4-7-17(14-23)20(25)22-21-19(24)13-16-5-2-3-6-16/h2,5,8-11,16-17H,3-4,6-7,12-14H2,1H3,(H,21,24)(H,22,25)/t16-,17+/m0/s1. The largest absolute Gasteiger partial charge is 0.273 e. The summed E-state index contributed by atoms with van der Waals surface area (Å²) in [4.78, 5) is 24.6. The molecule has 1 aliphatic heterocycles. The van der Waals surface area contributed by atoms with Crippen molar-refractivity contribution in [1.29, 1.82) is 0 Å². The van der Waals surface area contributed by atoms with Crippen LogP contribution in [-0.4, -0.2) is 37.6 Å². The van der Waals surface area contributed by atoms with Crippen LogP contribution in [0.4, 0.5) is 0 Å². The van der Waals surface area contributed by atoms with E-state index in [0.29, 0.717) is 25.8 Å². The van der Waals surface area contributed by atoms with Gasteiger partial charge in [0.15, 0.2) is 0 Å². The van der Waals surface area contributed by atoms with Crippen LogP contribution < -0.4 is 10.9 Å². The third kappa shape index (κ3) is 4.99. The first-order valence-electron chi connectivity index (χ1n) is 9.68. The number of nitrogens with zero attached hydrogens (tertiary/aromatic N) is 1. The Kier molecular flexibility index (Phi) is 6.51. The molecule has 1 saturated heterocycles. The number of carbonyl (C=O) groups excluding carboxylic acids is 2. The number of rotatable bonds is 5. The molecule has 2 aliphatic rings. The van der Waals surface area contributed by atoms with Crippen molar-refractivity contribution in [2.75, 3.05) is 13.1 Å². The molecule has 0 saturated carbocycles. The zero-order valence-electron chi connectivity index (χ0n) is 16.1. The smallest absolute Gasteiger partial charge is 0.243 e. The first-order chi connectivity index (χ1) is 13.4. The molecule has 0 unspecified atom stereocenters. The Hall–Kier alpha value is -2.19. The number of nitrogens with one attached hydrogen (secondary N) is 2. The summed E-state index contributed by atoms with van der Waals surface area (Å²) in [5.74, 6) is -0.841. The molecule has 2 N–H and O–H groups in total. The van der Waals surface area contributed by atoms with E-state index >= 15 is 0 Å².